The average Bonchev–Trinajstić information content (AvgIpc) is 2.59. The number of carbonyl (C=O) groups excluding carboxylic acids is 1. The van der Waals surface area contributed by atoms with Crippen molar-refractivity contribution >= 4 is 5.97 Å². The van der Waals surface area contributed by atoms with Crippen molar-refractivity contribution < 1.29 is 14.6 Å². The molecular formula is C22H40O3. The molecule has 3 nitrogen and oxygen atoms in total. The van der Waals surface area contributed by atoms with Crippen LogP contribution in [0.25, 0.3) is 0 Å². The van der Waals surface area contributed by atoms with E-state index < -0.39 is 0 Å². The summed E-state index contributed by atoms with van der Waals surface area (Å²) in [5, 5.41) is 9.87. The number of rotatable bonds is 17. The number of ether oxygens (including phenoxy) is 1. The molecule has 0 saturated carbocycles. The van der Waals surface area contributed by atoms with Gasteiger partial charge < -0.3 is 9.84 Å². The van der Waals surface area contributed by atoms with Gasteiger partial charge in [-0.1, -0.05) is 77.0 Å². The number of carbonyl (C=O) groups is 1. The third kappa shape index (κ3) is 17.5. The smallest absolute Gasteiger partial charge is 0.333 e. The molecule has 3 heteroatoms. The lowest BCUT2D eigenvalue weighted by Gasteiger charge is -2.07. The van der Waals surface area contributed by atoms with Crippen LogP contribution in [-0.2, 0) is 9.53 Å². The van der Waals surface area contributed by atoms with Crippen molar-refractivity contribution in [1.29, 1.82) is 0 Å². The molecule has 0 bridgehead atoms. The van der Waals surface area contributed by atoms with Gasteiger partial charge in [0.15, 0.2) is 0 Å². The van der Waals surface area contributed by atoms with Crippen LogP contribution < -0.4 is 0 Å². The van der Waals surface area contributed by atoms with Gasteiger partial charge in [-0.3, -0.25) is 0 Å². The normalized spacial score (nSPS) is 12.4. The first-order valence-electron chi connectivity index (χ1n) is 10.2. The van der Waals surface area contributed by atoms with Crippen molar-refractivity contribution in [2.75, 3.05) is 6.61 Å². The predicted molar refractivity (Wildman–Crippen MR) is 107 cm³/mol. The van der Waals surface area contributed by atoms with Gasteiger partial charge in [-0.05, 0) is 39.0 Å². The van der Waals surface area contributed by atoms with E-state index in [2.05, 4.69) is 25.7 Å². The van der Waals surface area contributed by atoms with E-state index >= 15 is 0 Å². The van der Waals surface area contributed by atoms with E-state index in [1.54, 1.807) is 6.92 Å². The molecule has 0 heterocycles. The van der Waals surface area contributed by atoms with Gasteiger partial charge in [0.1, 0.15) is 0 Å². The average molecular weight is 353 g/mol. The Morgan fingerprint density at radius 2 is 1.64 bits per heavy atom. The van der Waals surface area contributed by atoms with Gasteiger partial charge in [0.25, 0.3) is 0 Å². The molecule has 0 aliphatic carbocycles. The van der Waals surface area contributed by atoms with E-state index in [0.717, 1.165) is 38.5 Å². The lowest BCUT2D eigenvalue weighted by molar-refractivity contribution is -0.139. The Morgan fingerprint density at radius 1 is 1.00 bits per heavy atom. The van der Waals surface area contributed by atoms with Gasteiger partial charge >= 0.3 is 5.97 Å². The summed E-state index contributed by atoms with van der Waals surface area (Å²) >= 11 is 0. The molecule has 0 aromatic carbocycles. The summed E-state index contributed by atoms with van der Waals surface area (Å²) in [6.45, 7) is 7.95. The molecule has 0 saturated heterocycles. The number of unbranched alkanes of at least 4 members (excludes halogenated alkanes) is 9. The zero-order chi connectivity index (χ0) is 18.8. The number of aliphatic hydroxyl groups excluding tert-OH is 1. The third-order valence-electron chi connectivity index (χ3n) is 4.31. The van der Waals surface area contributed by atoms with Crippen LogP contribution in [0.4, 0.5) is 0 Å². The molecule has 0 fully saturated rings. The number of hydrogen-bond donors (Lipinski definition) is 1. The first kappa shape index (κ1) is 23.9. The quantitative estimate of drug-likeness (QED) is 0.149. The molecule has 25 heavy (non-hydrogen) atoms. The Kier molecular flexibility index (Phi) is 17.0. The van der Waals surface area contributed by atoms with Crippen LogP contribution in [0.15, 0.2) is 24.3 Å². The molecule has 0 aromatic rings. The number of hydrogen-bond acceptors (Lipinski definition) is 3. The first-order valence-corrected chi connectivity index (χ1v) is 10.2. The summed E-state index contributed by atoms with van der Waals surface area (Å²) < 4.78 is 5.06. The van der Waals surface area contributed by atoms with Crippen molar-refractivity contribution in [1.82, 2.24) is 0 Å². The second-order valence-corrected chi connectivity index (χ2v) is 7.04. The second kappa shape index (κ2) is 17.7. The van der Waals surface area contributed by atoms with E-state index in [-0.39, 0.29) is 12.1 Å². The highest BCUT2D eigenvalue weighted by molar-refractivity contribution is 5.86. The molecular weight excluding hydrogens is 312 g/mol. The topological polar surface area (TPSA) is 46.5 Å². The lowest BCUT2D eigenvalue weighted by Crippen LogP contribution is -2.05. The Balaban J connectivity index is 3.29. The fraction of sp³-hybridized carbons (Fsp3) is 0.773. The van der Waals surface area contributed by atoms with Crippen LogP contribution in [0.5, 0.6) is 0 Å². The van der Waals surface area contributed by atoms with Gasteiger partial charge in [-0.2, -0.15) is 0 Å². The molecule has 0 amide bonds. The largest absolute Gasteiger partial charge is 0.462 e. The molecule has 0 spiro atoms. The van der Waals surface area contributed by atoms with Crippen LogP contribution in [-0.4, -0.2) is 23.8 Å². The van der Waals surface area contributed by atoms with Crippen LogP contribution in [0.2, 0.25) is 0 Å². The molecule has 146 valence electrons. The maximum Gasteiger partial charge on any atom is 0.333 e. The lowest BCUT2D eigenvalue weighted by atomic mass is 10.1. The van der Waals surface area contributed by atoms with Crippen molar-refractivity contribution in [2.24, 2.45) is 0 Å². The minimum Gasteiger partial charge on any atom is -0.462 e. The van der Waals surface area contributed by atoms with Crippen LogP contribution in [0.3, 0.4) is 0 Å². The van der Waals surface area contributed by atoms with Gasteiger partial charge in [0.05, 0.1) is 12.7 Å². The highest BCUT2D eigenvalue weighted by Gasteiger charge is 2.02. The van der Waals surface area contributed by atoms with E-state index in [0.29, 0.717) is 12.2 Å². The van der Waals surface area contributed by atoms with Crippen LogP contribution >= 0.6 is 0 Å². The van der Waals surface area contributed by atoms with E-state index in [9.17, 15) is 9.90 Å². The van der Waals surface area contributed by atoms with E-state index in [1.165, 1.54) is 44.9 Å². The van der Waals surface area contributed by atoms with Gasteiger partial charge in [0, 0.05) is 5.57 Å². The molecule has 0 radical (unpaired) electrons. The van der Waals surface area contributed by atoms with Gasteiger partial charge in [-0.15, -0.1) is 0 Å². The standard InChI is InChI=1S/C22H40O3/c1-4-5-6-14-17-21(23)18-15-12-10-8-7-9-11-13-16-19-25-22(24)20(2)3/h12,15,21,23H,2,4-11,13-14,16-19H2,1,3H3/b15-12-. The molecule has 0 rings (SSSR count). The molecule has 1 N–H and O–H groups in total. The Bertz CT molecular complexity index is 360. The summed E-state index contributed by atoms with van der Waals surface area (Å²) in [7, 11) is 0. The minimum absolute atomic E-state index is 0.160. The Morgan fingerprint density at radius 3 is 2.32 bits per heavy atom. The van der Waals surface area contributed by atoms with Gasteiger partial charge in [0.2, 0.25) is 0 Å². The summed E-state index contributed by atoms with van der Waals surface area (Å²) in [6.07, 6.45) is 18.9. The molecule has 1 atom stereocenters. The third-order valence-corrected chi connectivity index (χ3v) is 4.31. The maximum absolute atomic E-state index is 11.2. The summed E-state index contributed by atoms with van der Waals surface area (Å²) in [4.78, 5) is 11.2. The molecule has 0 aliphatic heterocycles. The maximum atomic E-state index is 11.2. The van der Waals surface area contributed by atoms with Crippen molar-refractivity contribution in [3.05, 3.63) is 24.3 Å². The van der Waals surface area contributed by atoms with Crippen LogP contribution in [0, 0.1) is 0 Å². The number of aliphatic hydroxyl groups is 1. The van der Waals surface area contributed by atoms with E-state index in [1.807, 2.05) is 0 Å². The summed E-state index contributed by atoms with van der Waals surface area (Å²) in [5.41, 5.74) is 0.470. The van der Waals surface area contributed by atoms with Crippen LogP contribution in [0.1, 0.15) is 97.3 Å². The SMILES string of the molecule is C=C(C)C(=O)OCCCCCCCC/C=C\CC(O)CCCCCC. The van der Waals surface area contributed by atoms with Crippen molar-refractivity contribution in [3.63, 3.8) is 0 Å². The van der Waals surface area contributed by atoms with Crippen molar-refractivity contribution in [2.45, 2.75) is 103 Å². The molecule has 0 aliphatic rings. The predicted octanol–water partition coefficient (Wildman–Crippen LogP) is 6.11. The Labute approximate surface area is 155 Å². The minimum atomic E-state index is -0.280. The highest BCUT2D eigenvalue weighted by atomic mass is 16.5. The van der Waals surface area contributed by atoms with E-state index in [4.69, 9.17) is 4.74 Å². The number of esters is 1. The van der Waals surface area contributed by atoms with Gasteiger partial charge in [-0.25, -0.2) is 4.79 Å². The zero-order valence-corrected chi connectivity index (χ0v) is 16.6. The molecule has 0 aromatic heterocycles. The monoisotopic (exact) mass is 352 g/mol. The highest BCUT2D eigenvalue weighted by Crippen LogP contribution is 2.10. The number of allylic oxidation sites excluding steroid dienone is 1. The zero-order valence-electron chi connectivity index (χ0n) is 16.6. The fourth-order valence-electron chi connectivity index (χ4n) is 2.66. The van der Waals surface area contributed by atoms with Crippen molar-refractivity contribution in [3.8, 4) is 0 Å². The second-order valence-electron chi connectivity index (χ2n) is 7.04. The molecule has 1 unspecified atom stereocenters. The fourth-order valence-corrected chi connectivity index (χ4v) is 2.66. The summed E-state index contributed by atoms with van der Waals surface area (Å²) in [6, 6.07) is 0. The first-order chi connectivity index (χ1) is 12.1. The Hall–Kier alpha value is -1.09. The summed E-state index contributed by atoms with van der Waals surface area (Å²) in [5.74, 6) is -0.280.